The first-order valence-electron chi connectivity index (χ1n) is 6.74. The lowest BCUT2D eigenvalue weighted by molar-refractivity contribution is -0.129. The standard InChI is InChI=1S/C15H17BrO4S/c1-3-15(4-2)14(17)12(16)13(20-15)11-7-5-10(6-8-11)9-21(18)19/h5-8H,3-4,9H2,1-2H3,(H,18,19). The molecule has 0 aromatic heterocycles. The van der Waals surface area contributed by atoms with Gasteiger partial charge in [-0.1, -0.05) is 38.1 Å². The van der Waals surface area contributed by atoms with Crippen LogP contribution < -0.4 is 0 Å². The monoisotopic (exact) mass is 372 g/mol. The fourth-order valence-electron chi connectivity index (χ4n) is 2.39. The lowest BCUT2D eigenvalue weighted by Crippen LogP contribution is -2.35. The molecule has 1 heterocycles. The summed E-state index contributed by atoms with van der Waals surface area (Å²) in [6.07, 6.45) is 1.23. The van der Waals surface area contributed by atoms with E-state index in [2.05, 4.69) is 15.9 Å². The third-order valence-electron chi connectivity index (χ3n) is 3.76. The van der Waals surface area contributed by atoms with Crippen LogP contribution in [-0.2, 0) is 26.4 Å². The predicted molar refractivity (Wildman–Crippen MR) is 86.2 cm³/mol. The molecule has 6 heteroatoms. The first-order chi connectivity index (χ1) is 9.93. The first kappa shape index (κ1) is 16.4. The Balaban J connectivity index is 2.30. The van der Waals surface area contributed by atoms with Crippen LogP contribution in [0.15, 0.2) is 28.7 Å². The smallest absolute Gasteiger partial charge is 0.217 e. The van der Waals surface area contributed by atoms with Crippen LogP contribution in [0.5, 0.6) is 0 Å². The van der Waals surface area contributed by atoms with Crippen LogP contribution in [0.2, 0.25) is 0 Å². The predicted octanol–water partition coefficient (Wildman–Crippen LogP) is 3.63. The molecule has 0 bridgehead atoms. The van der Waals surface area contributed by atoms with Crippen molar-refractivity contribution in [2.24, 2.45) is 0 Å². The van der Waals surface area contributed by atoms with E-state index in [0.717, 1.165) is 11.1 Å². The molecule has 21 heavy (non-hydrogen) atoms. The highest BCUT2D eigenvalue weighted by Gasteiger charge is 2.46. The normalized spacial score (nSPS) is 18.8. The van der Waals surface area contributed by atoms with E-state index in [-0.39, 0.29) is 11.5 Å². The van der Waals surface area contributed by atoms with Gasteiger partial charge in [-0.2, -0.15) is 0 Å². The molecule has 0 saturated carbocycles. The number of halogens is 1. The van der Waals surface area contributed by atoms with E-state index in [1.807, 2.05) is 13.8 Å². The van der Waals surface area contributed by atoms with E-state index in [1.54, 1.807) is 24.3 Å². The summed E-state index contributed by atoms with van der Waals surface area (Å²) in [6, 6.07) is 7.13. The lowest BCUT2D eigenvalue weighted by Gasteiger charge is -2.25. The fraction of sp³-hybridized carbons (Fsp3) is 0.400. The SMILES string of the molecule is CCC1(CC)OC(c2ccc(CS(=O)O)cc2)=C(Br)C1=O. The van der Waals surface area contributed by atoms with Crippen molar-refractivity contribution < 1.29 is 18.3 Å². The van der Waals surface area contributed by atoms with Gasteiger partial charge >= 0.3 is 0 Å². The quantitative estimate of drug-likeness (QED) is 0.801. The van der Waals surface area contributed by atoms with Gasteiger partial charge in [-0.3, -0.25) is 4.79 Å². The summed E-state index contributed by atoms with van der Waals surface area (Å²) in [7, 11) is 0. The molecule has 1 aliphatic heterocycles. The van der Waals surface area contributed by atoms with Crippen molar-refractivity contribution in [2.45, 2.75) is 38.0 Å². The van der Waals surface area contributed by atoms with Crippen LogP contribution in [0.1, 0.15) is 37.8 Å². The van der Waals surface area contributed by atoms with Crippen LogP contribution in [0.4, 0.5) is 0 Å². The molecule has 0 radical (unpaired) electrons. The number of rotatable bonds is 5. The molecule has 1 aromatic rings. The molecule has 1 unspecified atom stereocenters. The third kappa shape index (κ3) is 3.12. The van der Waals surface area contributed by atoms with Gasteiger partial charge in [0.15, 0.2) is 16.7 Å². The van der Waals surface area contributed by atoms with Gasteiger partial charge in [0.2, 0.25) is 5.78 Å². The molecule has 1 N–H and O–H groups in total. The zero-order chi connectivity index (χ0) is 15.6. The third-order valence-corrected chi connectivity index (χ3v) is 5.06. The largest absolute Gasteiger partial charge is 0.477 e. The summed E-state index contributed by atoms with van der Waals surface area (Å²) >= 11 is 1.48. The van der Waals surface area contributed by atoms with E-state index in [0.29, 0.717) is 23.1 Å². The molecule has 2 rings (SSSR count). The molecule has 0 aliphatic carbocycles. The summed E-state index contributed by atoms with van der Waals surface area (Å²) < 4.78 is 26.1. The van der Waals surface area contributed by atoms with E-state index < -0.39 is 16.7 Å². The molecule has 0 saturated heterocycles. The second-order valence-electron chi connectivity index (χ2n) is 4.94. The highest BCUT2D eigenvalue weighted by Crippen LogP contribution is 2.42. The summed E-state index contributed by atoms with van der Waals surface area (Å²) in [5, 5.41) is 0. The average Bonchev–Trinajstić information content (AvgIpc) is 2.73. The lowest BCUT2D eigenvalue weighted by atomic mass is 9.93. The highest BCUT2D eigenvalue weighted by atomic mass is 79.9. The molecule has 0 amide bonds. The van der Waals surface area contributed by atoms with Gasteiger partial charge in [-0.05, 0) is 34.3 Å². The minimum Gasteiger partial charge on any atom is -0.477 e. The molecule has 1 aliphatic rings. The number of hydrogen-bond donors (Lipinski definition) is 1. The van der Waals surface area contributed by atoms with E-state index in [1.165, 1.54) is 0 Å². The summed E-state index contributed by atoms with van der Waals surface area (Å²) in [4.78, 5) is 12.4. The molecule has 114 valence electrons. The Hall–Kier alpha value is -0.980. The minimum atomic E-state index is -1.86. The topological polar surface area (TPSA) is 63.6 Å². The van der Waals surface area contributed by atoms with Gasteiger partial charge in [0.1, 0.15) is 10.2 Å². The molecular formula is C15H17BrO4S. The highest BCUT2D eigenvalue weighted by molar-refractivity contribution is 9.12. The van der Waals surface area contributed by atoms with E-state index in [4.69, 9.17) is 9.29 Å². The minimum absolute atomic E-state index is 0.0250. The number of ketones is 1. The number of ether oxygens (including phenoxy) is 1. The van der Waals surface area contributed by atoms with Crippen LogP contribution in [0, 0.1) is 0 Å². The number of carbonyl (C=O) groups is 1. The Bertz CT molecular complexity index is 603. The van der Waals surface area contributed by atoms with E-state index in [9.17, 15) is 9.00 Å². The molecule has 1 aromatic carbocycles. The van der Waals surface area contributed by atoms with Gasteiger partial charge < -0.3 is 9.29 Å². The van der Waals surface area contributed by atoms with Gasteiger partial charge in [-0.15, -0.1) is 0 Å². The van der Waals surface area contributed by atoms with Gasteiger partial charge in [-0.25, -0.2) is 4.21 Å². The summed E-state index contributed by atoms with van der Waals surface area (Å²) in [5.41, 5.74) is 0.767. The number of carbonyl (C=O) groups excluding carboxylic acids is 1. The molecule has 0 fully saturated rings. The first-order valence-corrected chi connectivity index (χ1v) is 8.80. The maximum Gasteiger partial charge on any atom is 0.217 e. The zero-order valence-electron chi connectivity index (χ0n) is 11.9. The second kappa shape index (κ2) is 6.42. The maximum atomic E-state index is 12.4. The summed E-state index contributed by atoms with van der Waals surface area (Å²) in [5.74, 6) is 0.608. The Morgan fingerprint density at radius 3 is 2.24 bits per heavy atom. The number of hydrogen-bond acceptors (Lipinski definition) is 3. The molecule has 1 atom stereocenters. The van der Waals surface area contributed by atoms with Crippen molar-refractivity contribution in [3.8, 4) is 0 Å². The Labute approximate surface area is 135 Å². The fourth-order valence-corrected chi connectivity index (χ4v) is 3.53. The van der Waals surface area contributed by atoms with Gasteiger partial charge in [0, 0.05) is 5.56 Å². The van der Waals surface area contributed by atoms with Crippen molar-refractivity contribution in [1.82, 2.24) is 0 Å². The van der Waals surface area contributed by atoms with E-state index >= 15 is 0 Å². The van der Waals surface area contributed by atoms with Crippen molar-refractivity contribution in [3.05, 3.63) is 39.9 Å². The molecule has 4 nitrogen and oxygen atoms in total. The Morgan fingerprint density at radius 1 is 1.24 bits per heavy atom. The summed E-state index contributed by atoms with van der Waals surface area (Å²) in [6.45, 7) is 3.87. The van der Waals surface area contributed by atoms with Crippen molar-refractivity contribution in [2.75, 3.05) is 0 Å². The van der Waals surface area contributed by atoms with Gasteiger partial charge in [0.25, 0.3) is 0 Å². The van der Waals surface area contributed by atoms with Crippen LogP contribution in [-0.4, -0.2) is 20.1 Å². The maximum absolute atomic E-state index is 12.4. The average molecular weight is 373 g/mol. The van der Waals surface area contributed by atoms with Crippen LogP contribution >= 0.6 is 15.9 Å². The Kier molecular flexibility index (Phi) is 5.01. The second-order valence-corrected chi connectivity index (χ2v) is 6.66. The molecule has 0 spiro atoms. The number of Topliss-reactive ketones (excluding diaryl/α,β-unsaturated/α-hetero) is 1. The van der Waals surface area contributed by atoms with Crippen LogP contribution in [0.3, 0.4) is 0 Å². The van der Waals surface area contributed by atoms with Crippen molar-refractivity contribution in [1.29, 1.82) is 0 Å². The molecular weight excluding hydrogens is 356 g/mol. The van der Waals surface area contributed by atoms with Gasteiger partial charge in [0.05, 0.1) is 5.75 Å². The number of benzene rings is 1. The van der Waals surface area contributed by atoms with Crippen LogP contribution in [0.25, 0.3) is 5.76 Å². The van der Waals surface area contributed by atoms with Crippen molar-refractivity contribution >= 4 is 38.6 Å². The Morgan fingerprint density at radius 2 is 1.81 bits per heavy atom. The van der Waals surface area contributed by atoms with Crippen molar-refractivity contribution in [3.63, 3.8) is 0 Å². The zero-order valence-corrected chi connectivity index (χ0v) is 14.3.